The van der Waals surface area contributed by atoms with E-state index in [0.717, 1.165) is 5.56 Å². The number of ether oxygens (including phenoxy) is 1. The van der Waals surface area contributed by atoms with Crippen molar-refractivity contribution < 1.29 is 9.84 Å². The molecule has 0 radical (unpaired) electrons. The first-order valence-electron chi connectivity index (χ1n) is 5.34. The van der Waals surface area contributed by atoms with Gasteiger partial charge in [0.25, 0.3) is 0 Å². The van der Waals surface area contributed by atoms with Crippen LogP contribution in [-0.2, 0) is 0 Å². The lowest BCUT2D eigenvalue weighted by atomic mass is 10.2. The standard InChI is InChI=1S/C13H11Cl2NO2/c1-8(17)9-5-6-16-12(7-9)18-11-4-2-3-10(14)13(11)15/h2-8,17H,1H3/t8-/m1/s1. The lowest BCUT2D eigenvalue weighted by molar-refractivity contribution is 0.198. The molecule has 1 aromatic carbocycles. The van der Waals surface area contributed by atoms with Gasteiger partial charge in [-0.3, -0.25) is 0 Å². The summed E-state index contributed by atoms with van der Waals surface area (Å²) >= 11 is 11.9. The van der Waals surface area contributed by atoms with Gasteiger partial charge in [-0.25, -0.2) is 4.98 Å². The van der Waals surface area contributed by atoms with Gasteiger partial charge < -0.3 is 9.84 Å². The van der Waals surface area contributed by atoms with Crippen molar-refractivity contribution in [3.05, 3.63) is 52.1 Å². The Balaban J connectivity index is 2.28. The number of hydrogen-bond acceptors (Lipinski definition) is 3. The summed E-state index contributed by atoms with van der Waals surface area (Å²) in [5.41, 5.74) is 0.721. The SMILES string of the molecule is C[C@@H](O)c1ccnc(Oc2cccc(Cl)c2Cl)c1. The van der Waals surface area contributed by atoms with Crippen LogP contribution in [0.4, 0.5) is 0 Å². The molecule has 5 heteroatoms. The second-order valence-electron chi connectivity index (χ2n) is 3.76. The summed E-state index contributed by atoms with van der Waals surface area (Å²) < 4.78 is 5.54. The topological polar surface area (TPSA) is 42.4 Å². The zero-order valence-electron chi connectivity index (χ0n) is 9.60. The van der Waals surface area contributed by atoms with E-state index in [0.29, 0.717) is 21.7 Å². The molecule has 0 saturated heterocycles. The number of nitrogens with zero attached hydrogens (tertiary/aromatic N) is 1. The number of rotatable bonds is 3. The highest BCUT2D eigenvalue weighted by Gasteiger charge is 2.09. The summed E-state index contributed by atoms with van der Waals surface area (Å²) in [6, 6.07) is 8.49. The summed E-state index contributed by atoms with van der Waals surface area (Å²) in [6.45, 7) is 1.67. The fraction of sp³-hybridized carbons (Fsp3) is 0.154. The monoisotopic (exact) mass is 283 g/mol. The van der Waals surface area contributed by atoms with E-state index < -0.39 is 6.10 Å². The molecule has 0 aliphatic carbocycles. The van der Waals surface area contributed by atoms with Crippen molar-refractivity contribution in [3.8, 4) is 11.6 Å². The molecule has 94 valence electrons. The van der Waals surface area contributed by atoms with Gasteiger partial charge in [0.15, 0.2) is 0 Å². The average Bonchev–Trinajstić information content (AvgIpc) is 2.35. The number of aliphatic hydroxyl groups excluding tert-OH is 1. The maximum absolute atomic E-state index is 9.48. The number of hydrogen-bond donors (Lipinski definition) is 1. The molecule has 0 saturated carbocycles. The van der Waals surface area contributed by atoms with E-state index in [-0.39, 0.29) is 0 Å². The highest BCUT2D eigenvalue weighted by molar-refractivity contribution is 6.42. The highest BCUT2D eigenvalue weighted by Crippen LogP contribution is 2.34. The molecular formula is C13H11Cl2NO2. The minimum absolute atomic E-state index is 0.336. The predicted octanol–water partition coefficient (Wildman–Crippen LogP) is 4.23. The van der Waals surface area contributed by atoms with E-state index in [9.17, 15) is 5.11 Å². The van der Waals surface area contributed by atoms with E-state index in [2.05, 4.69) is 4.98 Å². The molecule has 1 atom stereocenters. The van der Waals surface area contributed by atoms with Crippen LogP contribution >= 0.6 is 23.2 Å². The third kappa shape index (κ3) is 2.93. The van der Waals surface area contributed by atoms with Crippen LogP contribution < -0.4 is 4.74 Å². The van der Waals surface area contributed by atoms with E-state index >= 15 is 0 Å². The molecule has 0 bridgehead atoms. The van der Waals surface area contributed by atoms with Crippen molar-refractivity contribution in [2.45, 2.75) is 13.0 Å². The van der Waals surface area contributed by atoms with Gasteiger partial charge in [-0.15, -0.1) is 0 Å². The lowest BCUT2D eigenvalue weighted by Gasteiger charge is -2.09. The third-order valence-electron chi connectivity index (χ3n) is 2.37. The first-order valence-corrected chi connectivity index (χ1v) is 6.09. The van der Waals surface area contributed by atoms with Gasteiger partial charge in [-0.1, -0.05) is 29.3 Å². The molecule has 0 unspecified atom stereocenters. The summed E-state index contributed by atoms with van der Waals surface area (Å²) in [5, 5.41) is 10.2. The lowest BCUT2D eigenvalue weighted by Crippen LogP contribution is -1.94. The number of pyridine rings is 1. The quantitative estimate of drug-likeness (QED) is 0.916. The third-order valence-corrected chi connectivity index (χ3v) is 3.17. The van der Waals surface area contributed by atoms with Crippen molar-refractivity contribution in [2.75, 3.05) is 0 Å². The van der Waals surface area contributed by atoms with Gasteiger partial charge in [0, 0.05) is 12.3 Å². The summed E-state index contributed by atoms with van der Waals surface area (Å²) in [6.07, 6.45) is 0.987. The maximum Gasteiger partial charge on any atom is 0.219 e. The van der Waals surface area contributed by atoms with E-state index in [4.69, 9.17) is 27.9 Å². The van der Waals surface area contributed by atoms with Gasteiger partial charge >= 0.3 is 0 Å². The zero-order chi connectivity index (χ0) is 13.1. The van der Waals surface area contributed by atoms with Gasteiger partial charge in [-0.2, -0.15) is 0 Å². The molecule has 1 N–H and O–H groups in total. The second kappa shape index (κ2) is 5.57. The molecule has 18 heavy (non-hydrogen) atoms. The smallest absolute Gasteiger partial charge is 0.219 e. The van der Waals surface area contributed by atoms with Crippen LogP contribution in [0.2, 0.25) is 10.0 Å². The van der Waals surface area contributed by atoms with Crippen LogP contribution in [0.5, 0.6) is 11.6 Å². The molecular weight excluding hydrogens is 273 g/mol. The molecule has 0 aliphatic rings. The Hall–Kier alpha value is -1.29. The molecule has 1 heterocycles. The first-order chi connectivity index (χ1) is 8.58. The Kier molecular flexibility index (Phi) is 4.07. The van der Waals surface area contributed by atoms with Gasteiger partial charge in [0.2, 0.25) is 5.88 Å². The Morgan fingerprint density at radius 3 is 2.78 bits per heavy atom. The van der Waals surface area contributed by atoms with Crippen LogP contribution in [0.25, 0.3) is 0 Å². The van der Waals surface area contributed by atoms with Gasteiger partial charge in [0.05, 0.1) is 11.1 Å². The van der Waals surface area contributed by atoms with Crippen molar-refractivity contribution in [2.24, 2.45) is 0 Å². The molecule has 3 nitrogen and oxygen atoms in total. The number of halogens is 2. The summed E-state index contributed by atoms with van der Waals surface area (Å²) in [5.74, 6) is 0.789. The largest absolute Gasteiger partial charge is 0.437 e. The maximum atomic E-state index is 9.48. The molecule has 2 rings (SSSR count). The zero-order valence-corrected chi connectivity index (χ0v) is 11.1. The van der Waals surface area contributed by atoms with E-state index in [1.54, 1.807) is 43.5 Å². The molecule has 0 spiro atoms. The summed E-state index contributed by atoms with van der Waals surface area (Å²) in [7, 11) is 0. The normalized spacial score (nSPS) is 12.2. The van der Waals surface area contributed by atoms with Gasteiger partial charge in [0.1, 0.15) is 10.8 Å². The minimum atomic E-state index is -0.579. The van der Waals surface area contributed by atoms with Gasteiger partial charge in [-0.05, 0) is 30.7 Å². The average molecular weight is 284 g/mol. The molecule has 2 aromatic rings. The van der Waals surface area contributed by atoms with Crippen LogP contribution in [0, 0.1) is 0 Å². The number of aliphatic hydroxyl groups is 1. The molecule has 0 amide bonds. The number of aromatic nitrogens is 1. The molecule has 0 fully saturated rings. The van der Waals surface area contributed by atoms with Crippen molar-refractivity contribution in [1.82, 2.24) is 4.98 Å². The van der Waals surface area contributed by atoms with Crippen LogP contribution in [0.1, 0.15) is 18.6 Å². The Morgan fingerprint density at radius 2 is 2.06 bits per heavy atom. The highest BCUT2D eigenvalue weighted by atomic mass is 35.5. The predicted molar refractivity (Wildman–Crippen MR) is 71.4 cm³/mol. The van der Waals surface area contributed by atoms with Crippen LogP contribution in [0.3, 0.4) is 0 Å². The molecule has 1 aromatic heterocycles. The van der Waals surface area contributed by atoms with Crippen molar-refractivity contribution >= 4 is 23.2 Å². The van der Waals surface area contributed by atoms with E-state index in [1.165, 1.54) is 0 Å². The fourth-order valence-electron chi connectivity index (χ4n) is 1.42. The second-order valence-corrected chi connectivity index (χ2v) is 4.54. The Bertz CT molecular complexity index is 558. The van der Waals surface area contributed by atoms with Crippen LogP contribution in [0.15, 0.2) is 36.5 Å². The molecule has 0 aliphatic heterocycles. The van der Waals surface area contributed by atoms with E-state index in [1.807, 2.05) is 0 Å². The van der Waals surface area contributed by atoms with Crippen molar-refractivity contribution in [1.29, 1.82) is 0 Å². The first kappa shape index (κ1) is 13.1. The number of benzene rings is 1. The van der Waals surface area contributed by atoms with Crippen molar-refractivity contribution in [3.63, 3.8) is 0 Å². The minimum Gasteiger partial charge on any atom is -0.437 e. The fourth-order valence-corrected chi connectivity index (χ4v) is 1.75. The Labute approximate surface area is 115 Å². The summed E-state index contributed by atoms with van der Waals surface area (Å²) in [4.78, 5) is 4.05. The Morgan fingerprint density at radius 1 is 1.28 bits per heavy atom. The van der Waals surface area contributed by atoms with Crippen LogP contribution in [-0.4, -0.2) is 10.1 Å².